The van der Waals surface area contributed by atoms with E-state index in [4.69, 9.17) is 10.7 Å². The standard InChI is InChI=1S/C18H18N6OS/c1-4-24-16(5-10(2)22-24)14-9-26-18(21-14)12-6-11(17(19)25)7-15-13(12)8-20-23(15)3/h5-9H,4H2,1-3H3,(H2,19,25). The molecule has 0 aliphatic rings. The maximum Gasteiger partial charge on any atom is 0.248 e. The van der Waals surface area contributed by atoms with Crippen molar-refractivity contribution < 1.29 is 4.79 Å². The Morgan fingerprint density at radius 2 is 2.12 bits per heavy atom. The molecule has 4 aromatic rings. The van der Waals surface area contributed by atoms with Crippen molar-refractivity contribution in [3.8, 4) is 22.0 Å². The van der Waals surface area contributed by atoms with Crippen molar-refractivity contribution in [1.82, 2.24) is 24.5 Å². The zero-order chi connectivity index (χ0) is 18.4. The van der Waals surface area contributed by atoms with Crippen LogP contribution in [0.5, 0.6) is 0 Å². The van der Waals surface area contributed by atoms with Crippen LogP contribution in [-0.2, 0) is 13.6 Å². The monoisotopic (exact) mass is 366 g/mol. The van der Waals surface area contributed by atoms with Gasteiger partial charge in [0.1, 0.15) is 5.01 Å². The fourth-order valence-electron chi connectivity index (χ4n) is 3.07. The molecule has 0 fully saturated rings. The Hall–Kier alpha value is -3.00. The third-order valence-electron chi connectivity index (χ3n) is 4.35. The lowest BCUT2D eigenvalue weighted by atomic mass is 10.1. The summed E-state index contributed by atoms with van der Waals surface area (Å²) < 4.78 is 3.67. The first-order chi connectivity index (χ1) is 12.5. The summed E-state index contributed by atoms with van der Waals surface area (Å²) in [5, 5.41) is 12.6. The van der Waals surface area contributed by atoms with Gasteiger partial charge < -0.3 is 5.73 Å². The molecule has 3 aromatic heterocycles. The maximum absolute atomic E-state index is 11.7. The third-order valence-corrected chi connectivity index (χ3v) is 5.23. The topological polar surface area (TPSA) is 91.6 Å². The molecule has 3 heterocycles. The zero-order valence-electron chi connectivity index (χ0n) is 14.7. The molecule has 0 saturated heterocycles. The van der Waals surface area contributed by atoms with Crippen molar-refractivity contribution in [2.24, 2.45) is 12.8 Å². The molecule has 0 spiro atoms. The number of carbonyl (C=O) groups is 1. The van der Waals surface area contributed by atoms with E-state index in [1.807, 2.05) is 30.1 Å². The molecule has 4 rings (SSSR count). The van der Waals surface area contributed by atoms with E-state index in [2.05, 4.69) is 17.1 Å². The van der Waals surface area contributed by atoms with Gasteiger partial charge in [-0.25, -0.2) is 4.98 Å². The van der Waals surface area contributed by atoms with Crippen LogP contribution in [0.2, 0.25) is 0 Å². The Labute approximate surface area is 154 Å². The molecule has 2 N–H and O–H groups in total. The Balaban J connectivity index is 1.89. The number of fused-ring (bicyclic) bond motifs is 1. The molecule has 26 heavy (non-hydrogen) atoms. The molecule has 1 aromatic carbocycles. The highest BCUT2D eigenvalue weighted by atomic mass is 32.1. The normalized spacial score (nSPS) is 11.3. The number of primary amides is 1. The van der Waals surface area contributed by atoms with Crippen LogP contribution in [0.15, 0.2) is 29.8 Å². The van der Waals surface area contributed by atoms with Crippen LogP contribution in [-0.4, -0.2) is 30.5 Å². The summed E-state index contributed by atoms with van der Waals surface area (Å²) in [5.74, 6) is -0.467. The highest BCUT2D eigenvalue weighted by Crippen LogP contribution is 2.34. The van der Waals surface area contributed by atoms with Gasteiger partial charge in [-0.2, -0.15) is 10.2 Å². The minimum Gasteiger partial charge on any atom is -0.366 e. The van der Waals surface area contributed by atoms with Gasteiger partial charge in [0.15, 0.2) is 0 Å². The lowest BCUT2D eigenvalue weighted by Crippen LogP contribution is -2.11. The van der Waals surface area contributed by atoms with E-state index in [-0.39, 0.29) is 0 Å². The van der Waals surface area contributed by atoms with Crippen LogP contribution < -0.4 is 5.73 Å². The predicted octanol–water partition coefficient (Wildman–Crippen LogP) is 2.99. The number of hydrogen-bond acceptors (Lipinski definition) is 5. The second-order valence-electron chi connectivity index (χ2n) is 6.11. The second-order valence-corrected chi connectivity index (χ2v) is 6.97. The summed E-state index contributed by atoms with van der Waals surface area (Å²) in [4.78, 5) is 16.5. The van der Waals surface area contributed by atoms with E-state index in [9.17, 15) is 4.79 Å². The fraction of sp³-hybridized carbons (Fsp3) is 0.222. The molecule has 0 aliphatic carbocycles. The van der Waals surface area contributed by atoms with E-state index in [0.717, 1.165) is 45.1 Å². The van der Waals surface area contributed by atoms with Crippen molar-refractivity contribution in [2.75, 3.05) is 0 Å². The first-order valence-electron chi connectivity index (χ1n) is 8.24. The number of hydrogen-bond donors (Lipinski definition) is 1. The van der Waals surface area contributed by atoms with Crippen LogP contribution in [0.1, 0.15) is 23.0 Å². The summed E-state index contributed by atoms with van der Waals surface area (Å²) in [6.45, 7) is 4.80. The lowest BCUT2D eigenvalue weighted by Gasteiger charge is -2.04. The summed E-state index contributed by atoms with van der Waals surface area (Å²) >= 11 is 1.53. The van der Waals surface area contributed by atoms with Gasteiger partial charge in [0, 0.05) is 35.5 Å². The largest absolute Gasteiger partial charge is 0.366 e. The highest BCUT2D eigenvalue weighted by molar-refractivity contribution is 7.13. The average molecular weight is 366 g/mol. The van der Waals surface area contributed by atoms with Gasteiger partial charge >= 0.3 is 0 Å². The number of amides is 1. The van der Waals surface area contributed by atoms with E-state index in [1.54, 1.807) is 23.0 Å². The summed E-state index contributed by atoms with van der Waals surface area (Å²) in [7, 11) is 1.84. The van der Waals surface area contributed by atoms with Gasteiger partial charge in [-0.15, -0.1) is 11.3 Å². The molecule has 0 atom stereocenters. The highest BCUT2D eigenvalue weighted by Gasteiger charge is 2.17. The Morgan fingerprint density at radius 3 is 2.85 bits per heavy atom. The maximum atomic E-state index is 11.7. The molecule has 0 bridgehead atoms. The molecular formula is C18H18N6OS. The van der Waals surface area contributed by atoms with Crippen LogP contribution >= 0.6 is 11.3 Å². The van der Waals surface area contributed by atoms with Gasteiger partial charge in [-0.1, -0.05) is 0 Å². The van der Waals surface area contributed by atoms with Gasteiger partial charge in [0.2, 0.25) is 5.91 Å². The van der Waals surface area contributed by atoms with E-state index in [0.29, 0.717) is 5.56 Å². The molecule has 7 nitrogen and oxygen atoms in total. The summed E-state index contributed by atoms with van der Waals surface area (Å²) in [6.07, 6.45) is 1.79. The number of nitrogens with two attached hydrogens (primary N) is 1. The smallest absolute Gasteiger partial charge is 0.248 e. The Bertz CT molecular complexity index is 1140. The van der Waals surface area contributed by atoms with Gasteiger partial charge in [0.05, 0.1) is 28.8 Å². The quantitative estimate of drug-likeness (QED) is 0.601. The van der Waals surface area contributed by atoms with Crippen molar-refractivity contribution in [2.45, 2.75) is 20.4 Å². The molecule has 0 radical (unpaired) electrons. The van der Waals surface area contributed by atoms with Gasteiger partial charge in [-0.3, -0.25) is 14.2 Å². The number of carbonyl (C=O) groups excluding carboxylic acids is 1. The third kappa shape index (κ3) is 2.59. The lowest BCUT2D eigenvalue weighted by molar-refractivity contribution is 0.100. The molecular weight excluding hydrogens is 348 g/mol. The van der Waals surface area contributed by atoms with E-state index in [1.165, 1.54) is 11.3 Å². The number of aryl methyl sites for hydroxylation is 3. The van der Waals surface area contributed by atoms with E-state index < -0.39 is 5.91 Å². The Morgan fingerprint density at radius 1 is 1.31 bits per heavy atom. The molecule has 0 aliphatic heterocycles. The summed E-state index contributed by atoms with van der Waals surface area (Å²) in [5.41, 5.74) is 10.5. The van der Waals surface area contributed by atoms with Gasteiger partial charge in [0.25, 0.3) is 0 Å². The van der Waals surface area contributed by atoms with Gasteiger partial charge in [-0.05, 0) is 32.0 Å². The van der Waals surface area contributed by atoms with Crippen LogP contribution in [0.4, 0.5) is 0 Å². The number of rotatable bonds is 4. The molecule has 0 saturated carbocycles. The minimum absolute atomic E-state index is 0.447. The zero-order valence-corrected chi connectivity index (χ0v) is 15.5. The van der Waals surface area contributed by atoms with Crippen LogP contribution in [0, 0.1) is 6.92 Å². The SMILES string of the molecule is CCn1nc(C)cc1-c1csc(-c2cc(C(N)=O)cc3c2cnn3C)n1. The number of benzene rings is 1. The average Bonchev–Trinajstić information content (AvgIpc) is 3.32. The van der Waals surface area contributed by atoms with Crippen molar-refractivity contribution in [3.05, 3.63) is 41.0 Å². The predicted molar refractivity (Wildman–Crippen MR) is 102 cm³/mol. The number of aromatic nitrogens is 5. The first kappa shape index (κ1) is 16.5. The second kappa shape index (κ2) is 6.06. The van der Waals surface area contributed by atoms with Crippen molar-refractivity contribution in [1.29, 1.82) is 0 Å². The summed E-state index contributed by atoms with van der Waals surface area (Å²) in [6, 6.07) is 5.58. The minimum atomic E-state index is -0.467. The number of thiazole rings is 1. The van der Waals surface area contributed by atoms with Crippen LogP contribution in [0.25, 0.3) is 32.9 Å². The fourth-order valence-corrected chi connectivity index (χ4v) is 3.92. The first-order valence-corrected chi connectivity index (χ1v) is 9.12. The number of nitrogens with zero attached hydrogens (tertiary/aromatic N) is 5. The van der Waals surface area contributed by atoms with Crippen molar-refractivity contribution in [3.63, 3.8) is 0 Å². The molecule has 1 amide bonds. The molecule has 0 unspecified atom stereocenters. The molecule has 132 valence electrons. The van der Waals surface area contributed by atoms with Crippen molar-refractivity contribution >= 4 is 28.1 Å². The Kier molecular flexibility index (Phi) is 3.84. The van der Waals surface area contributed by atoms with E-state index >= 15 is 0 Å². The van der Waals surface area contributed by atoms with Crippen LogP contribution in [0.3, 0.4) is 0 Å². The molecule has 8 heteroatoms.